The Morgan fingerprint density at radius 3 is 2.79 bits per heavy atom. The van der Waals surface area contributed by atoms with Crippen LogP contribution in [0.5, 0.6) is 0 Å². The summed E-state index contributed by atoms with van der Waals surface area (Å²) in [5.74, 6) is 0.515. The third-order valence-electron chi connectivity index (χ3n) is 3.01. The number of benzene rings is 1. The molecule has 0 fully saturated rings. The van der Waals surface area contributed by atoms with Crippen LogP contribution in [0.25, 0.3) is 0 Å². The first-order chi connectivity index (χ1) is 9.08. The maximum Gasteiger partial charge on any atom is 0.269 e. The van der Waals surface area contributed by atoms with E-state index in [1.807, 2.05) is 0 Å². The highest BCUT2D eigenvalue weighted by Gasteiger charge is 2.10. The maximum atomic E-state index is 10.8. The molecule has 0 bridgehead atoms. The first kappa shape index (κ1) is 15.4. The minimum atomic E-state index is -0.386. The summed E-state index contributed by atoms with van der Waals surface area (Å²) < 4.78 is 5.65. The van der Waals surface area contributed by atoms with Crippen molar-refractivity contribution in [3.63, 3.8) is 0 Å². The highest BCUT2D eigenvalue weighted by Crippen LogP contribution is 2.22. The fourth-order valence-electron chi connectivity index (χ4n) is 2.00. The van der Waals surface area contributed by atoms with Gasteiger partial charge in [-0.25, -0.2) is 0 Å². The smallest absolute Gasteiger partial charge is 0.269 e. The van der Waals surface area contributed by atoms with Crippen molar-refractivity contribution in [3.05, 3.63) is 33.9 Å². The van der Waals surface area contributed by atoms with Gasteiger partial charge in [-0.15, -0.1) is 0 Å². The number of nitro benzene ring substituents is 1. The molecule has 0 amide bonds. The summed E-state index contributed by atoms with van der Waals surface area (Å²) in [5, 5.41) is 13.8. The molecule has 106 valence electrons. The zero-order chi connectivity index (χ0) is 14.3. The van der Waals surface area contributed by atoms with Crippen molar-refractivity contribution in [2.24, 2.45) is 5.92 Å². The van der Waals surface area contributed by atoms with E-state index >= 15 is 0 Å². The van der Waals surface area contributed by atoms with E-state index in [2.05, 4.69) is 19.2 Å². The molecule has 0 saturated carbocycles. The number of ether oxygens (including phenoxy) is 1. The van der Waals surface area contributed by atoms with E-state index in [4.69, 9.17) is 4.74 Å². The highest BCUT2D eigenvalue weighted by atomic mass is 16.6. The van der Waals surface area contributed by atoms with Gasteiger partial charge in [0.1, 0.15) is 0 Å². The lowest BCUT2D eigenvalue weighted by atomic mass is 10.1. The van der Waals surface area contributed by atoms with Crippen LogP contribution in [0.3, 0.4) is 0 Å². The molecular formula is C14H22N2O3. The molecule has 1 aromatic carbocycles. The molecule has 1 rings (SSSR count). The van der Waals surface area contributed by atoms with Crippen LogP contribution in [0.4, 0.5) is 11.4 Å². The summed E-state index contributed by atoms with van der Waals surface area (Å²) >= 11 is 0. The van der Waals surface area contributed by atoms with E-state index < -0.39 is 0 Å². The fourth-order valence-corrected chi connectivity index (χ4v) is 2.00. The van der Waals surface area contributed by atoms with E-state index in [1.165, 1.54) is 6.07 Å². The van der Waals surface area contributed by atoms with E-state index in [-0.39, 0.29) is 10.6 Å². The van der Waals surface area contributed by atoms with E-state index in [0.717, 1.165) is 24.1 Å². The molecule has 0 aliphatic carbocycles. The number of hydrogen-bond donors (Lipinski definition) is 1. The van der Waals surface area contributed by atoms with Crippen molar-refractivity contribution in [2.75, 3.05) is 19.0 Å². The molecule has 1 unspecified atom stereocenters. The average Bonchev–Trinajstić information content (AvgIpc) is 2.38. The van der Waals surface area contributed by atoms with Gasteiger partial charge >= 0.3 is 0 Å². The third-order valence-corrected chi connectivity index (χ3v) is 3.01. The van der Waals surface area contributed by atoms with Gasteiger partial charge in [0.2, 0.25) is 0 Å². The Labute approximate surface area is 114 Å². The van der Waals surface area contributed by atoms with Gasteiger partial charge in [0.05, 0.1) is 11.5 Å². The van der Waals surface area contributed by atoms with Gasteiger partial charge in [0.25, 0.3) is 5.69 Å². The van der Waals surface area contributed by atoms with Crippen molar-refractivity contribution in [1.29, 1.82) is 0 Å². The summed E-state index contributed by atoms with van der Waals surface area (Å²) in [5.41, 5.74) is 1.79. The molecule has 5 nitrogen and oxygen atoms in total. The lowest BCUT2D eigenvalue weighted by molar-refractivity contribution is -0.384. The predicted molar refractivity (Wildman–Crippen MR) is 76.4 cm³/mol. The predicted octanol–water partition coefficient (Wildman–Crippen LogP) is 3.59. The van der Waals surface area contributed by atoms with Crippen molar-refractivity contribution in [1.82, 2.24) is 0 Å². The summed E-state index contributed by atoms with van der Waals surface area (Å²) in [4.78, 5) is 10.4. The van der Waals surface area contributed by atoms with Gasteiger partial charge < -0.3 is 10.1 Å². The van der Waals surface area contributed by atoms with Crippen molar-refractivity contribution in [2.45, 2.75) is 33.3 Å². The van der Waals surface area contributed by atoms with Crippen LogP contribution in [0, 0.1) is 16.0 Å². The molecule has 1 atom stereocenters. The molecule has 0 aliphatic heterocycles. The van der Waals surface area contributed by atoms with Gasteiger partial charge in [0, 0.05) is 37.0 Å². The molecule has 0 saturated heterocycles. The van der Waals surface area contributed by atoms with Gasteiger partial charge in [-0.2, -0.15) is 0 Å². The Morgan fingerprint density at radius 2 is 2.21 bits per heavy atom. The molecule has 5 heteroatoms. The SMILES string of the molecule is CCCC(C)COCc1cc([N+](=O)[O-])ccc1NC. The third kappa shape index (κ3) is 4.87. The number of non-ortho nitro benzene ring substituents is 1. The molecule has 0 aromatic heterocycles. The first-order valence-electron chi connectivity index (χ1n) is 6.61. The van der Waals surface area contributed by atoms with Crippen molar-refractivity contribution in [3.8, 4) is 0 Å². The van der Waals surface area contributed by atoms with E-state index in [0.29, 0.717) is 19.1 Å². The first-order valence-corrected chi connectivity index (χ1v) is 6.61. The quantitative estimate of drug-likeness (QED) is 0.577. The largest absolute Gasteiger partial charge is 0.388 e. The number of rotatable bonds is 8. The number of hydrogen-bond acceptors (Lipinski definition) is 4. The number of nitro groups is 1. The lowest BCUT2D eigenvalue weighted by Gasteiger charge is -2.13. The molecule has 0 aliphatic rings. The second-order valence-corrected chi connectivity index (χ2v) is 4.76. The second-order valence-electron chi connectivity index (χ2n) is 4.76. The van der Waals surface area contributed by atoms with Crippen LogP contribution in [0.1, 0.15) is 32.3 Å². The van der Waals surface area contributed by atoms with Gasteiger partial charge in [-0.05, 0) is 18.4 Å². The maximum absolute atomic E-state index is 10.8. The Kier molecular flexibility index (Phi) is 6.29. The summed E-state index contributed by atoms with van der Waals surface area (Å²) in [6, 6.07) is 4.78. The molecule has 0 spiro atoms. The lowest BCUT2D eigenvalue weighted by Crippen LogP contribution is -2.07. The monoisotopic (exact) mass is 266 g/mol. The standard InChI is InChI=1S/C14H22N2O3/c1-4-5-11(2)9-19-10-12-8-13(16(17)18)6-7-14(12)15-3/h6-8,11,15H,4-5,9-10H2,1-3H3. The Morgan fingerprint density at radius 1 is 1.47 bits per heavy atom. The van der Waals surface area contributed by atoms with E-state index in [1.54, 1.807) is 19.2 Å². The summed E-state index contributed by atoms with van der Waals surface area (Å²) in [6.07, 6.45) is 2.27. The number of anilines is 1. The molecular weight excluding hydrogens is 244 g/mol. The van der Waals surface area contributed by atoms with Gasteiger partial charge in [-0.1, -0.05) is 20.3 Å². The molecule has 1 N–H and O–H groups in total. The van der Waals surface area contributed by atoms with Crippen LogP contribution in [-0.4, -0.2) is 18.6 Å². The van der Waals surface area contributed by atoms with Crippen LogP contribution >= 0.6 is 0 Å². The Balaban J connectivity index is 2.65. The minimum Gasteiger partial charge on any atom is -0.388 e. The zero-order valence-corrected chi connectivity index (χ0v) is 11.8. The molecule has 1 aromatic rings. The molecule has 0 heterocycles. The van der Waals surface area contributed by atoms with Crippen LogP contribution < -0.4 is 5.32 Å². The van der Waals surface area contributed by atoms with Crippen molar-refractivity contribution < 1.29 is 9.66 Å². The van der Waals surface area contributed by atoms with E-state index in [9.17, 15) is 10.1 Å². The van der Waals surface area contributed by atoms with Crippen LogP contribution in [0.2, 0.25) is 0 Å². The van der Waals surface area contributed by atoms with Crippen molar-refractivity contribution >= 4 is 11.4 Å². The summed E-state index contributed by atoms with van der Waals surface area (Å²) in [7, 11) is 1.80. The van der Waals surface area contributed by atoms with Crippen LogP contribution in [0.15, 0.2) is 18.2 Å². The second kappa shape index (κ2) is 7.74. The van der Waals surface area contributed by atoms with Crippen LogP contribution in [-0.2, 0) is 11.3 Å². The van der Waals surface area contributed by atoms with Gasteiger partial charge in [-0.3, -0.25) is 10.1 Å². The number of nitrogens with one attached hydrogen (secondary N) is 1. The fraction of sp³-hybridized carbons (Fsp3) is 0.571. The minimum absolute atomic E-state index is 0.0965. The number of nitrogens with zero attached hydrogens (tertiary/aromatic N) is 1. The topological polar surface area (TPSA) is 64.4 Å². The zero-order valence-electron chi connectivity index (χ0n) is 11.8. The summed E-state index contributed by atoms with van der Waals surface area (Å²) in [6.45, 7) is 5.37. The Hall–Kier alpha value is -1.62. The normalized spacial score (nSPS) is 12.2. The molecule has 19 heavy (non-hydrogen) atoms. The molecule has 0 radical (unpaired) electrons. The van der Waals surface area contributed by atoms with Gasteiger partial charge in [0.15, 0.2) is 0 Å². The Bertz CT molecular complexity index is 421. The average molecular weight is 266 g/mol. The highest BCUT2D eigenvalue weighted by molar-refractivity contribution is 5.55.